The highest BCUT2D eigenvalue weighted by Crippen LogP contribution is 2.19. The molecule has 152 valence electrons. The maximum atomic E-state index is 13.5. The van der Waals surface area contributed by atoms with E-state index in [1.165, 1.54) is 0 Å². The first kappa shape index (κ1) is 20.6. The van der Waals surface area contributed by atoms with Gasteiger partial charge in [0.15, 0.2) is 5.69 Å². The molecule has 0 unspecified atom stereocenters. The summed E-state index contributed by atoms with van der Waals surface area (Å²) in [6.07, 6.45) is 1.78. The van der Waals surface area contributed by atoms with Gasteiger partial charge in [-0.25, -0.2) is 4.98 Å². The Labute approximate surface area is 171 Å². The Bertz CT molecular complexity index is 991. The van der Waals surface area contributed by atoms with Crippen LogP contribution in [0.3, 0.4) is 0 Å². The van der Waals surface area contributed by atoms with Crippen molar-refractivity contribution in [3.63, 3.8) is 0 Å². The van der Waals surface area contributed by atoms with E-state index in [0.29, 0.717) is 30.8 Å². The quantitative estimate of drug-likeness (QED) is 0.613. The van der Waals surface area contributed by atoms with Crippen LogP contribution in [0, 0.1) is 0 Å². The van der Waals surface area contributed by atoms with Crippen molar-refractivity contribution in [2.24, 2.45) is 0 Å². The molecule has 0 aliphatic rings. The zero-order chi connectivity index (χ0) is 21.0. The van der Waals surface area contributed by atoms with Crippen LogP contribution in [0.5, 0.6) is 0 Å². The molecule has 0 fully saturated rings. The number of carbonyl (C=O) groups is 2. The first-order valence-electron chi connectivity index (χ1n) is 10.1. The standard InChI is InChI=1S/C23H28N4O2/c1-5-25(6-2)23(29)21-24-20(19-14-10-11-15-26(19)21)22(28)27(17(3)4)16-18-12-8-7-9-13-18/h7-15,17H,5-6,16H2,1-4H3. The van der Waals surface area contributed by atoms with E-state index >= 15 is 0 Å². The van der Waals surface area contributed by atoms with Crippen LogP contribution in [0.4, 0.5) is 0 Å². The Hall–Kier alpha value is -3.15. The van der Waals surface area contributed by atoms with Gasteiger partial charge in [0.1, 0.15) is 0 Å². The molecule has 0 spiro atoms. The molecular formula is C23H28N4O2. The summed E-state index contributed by atoms with van der Waals surface area (Å²) in [5, 5.41) is 0. The minimum atomic E-state index is -0.175. The number of nitrogens with zero attached hydrogens (tertiary/aromatic N) is 4. The van der Waals surface area contributed by atoms with Crippen LogP contribution >= 0.6 is 0 Å². The summed E-state index contributed by atoms with van der Waals surface area (Å²) in [6, 6.07) is 15.4. The molecule has 3 rings (SSSR count). The van der Waals surface area contributed by atoms with Crippen LogP contribution in [0.2, 0.25) is 0 Å². The first-order chi connectivity index (χ1) is 14.0. The van der Waals surface area contributed by atoms with E-state index in [2.05, 4.69) is 4.98 Å². The van der Waals surface area contributed by atoms with Crippen LogP contribution in [-0.2, 0) is 6.54 Å². The lowest BCUT2D eigenvalue weighted by molar-refractivity contribution is 0.0686. The molecule has 1 aromatic carbocycles. The Morgan fingerprint density at radius 3 is 2.24 bits per heavy atom. The summed E-state index contributed by atoms with van der Waals surface area (Å²) in [7, 11) is 0. The molecule has 6 nitrogen and oxygen atoms in total. The second kappa shape index (κ2) is 8.90. The Morgan fingerprint density at radius 2 is 1.62 bits per heavy atom. The number of hydrogen-bond acceptors (Lipinski definition) is 3. The highest BCUT2D eigenvalue weighted by molar-refractivity contribution is 6.02. The van der Waals surface area contributed by atoms with Crippen molar-refractivity contribution >= 4 is 17.3 Å². The lowest BCUT2D eigenvalue weighted by Gasteiger charge is -2.26. The van der Waals surface area contributed by atoms with E-state index < -0.39 is 0 Å². The van der Waals surface area contributed by atoms with Crippen LogP contribution in [0.25, 0.3) is 5.52 Å². The van der Waals surface area contributed by atoms with Crippen molar-refractivity contribution in [2.75, 3.05) is 13.1 Å². The van der Waals surface area contributed by atoms with E-state index in [4.69, 9.17) is 0 Å². The Balaban J connectivity index is 2.04. The fourth-order valence-corrected chi connectivity index (χ4v) is 3.40. The zero-order valence-electron chi connectivity index (χ0n) is 17.5. The van der Waals surface area contributed by atoms with Gasteiger partial charge in [0, 0.05) is 31.9 Å². The Morgan fingerprint density at radius 1 is 0.966 bits per heavy atom. The number of amides is 2. The highest BCUT2D eigenvalue weighted by atomic mass is 16.2. The fraction of sp³-hybridized carbons (Fsp3) is 0.348. The molecule has 0 aliphatic heterocycles. The summed E-state index contributed by atoms with van der Waals surface area (Å²) in [5.74, 6) is -0.0726. The van der Waals surface area contributed by atoms with Gasteiger partial charge < -0.3 is 9.80 Å². The summed E-state index contributed by atoms with van der Waals surface area (Å²) in [6.45, 7) is 9.51. The topological polar surface area (TPSA) is 57.9 Å². The number of rotatable bonds is 7. The van der Waals surface area contributed by atoms with E-state index in [0.717, 1.165) is 5.56 Å². The molecule has 0 bridgehead atoms. The number of fused-ring (bicyclic) bond motifs is 1. The smallest absolute Gasteiger partial charge is 0.290 e. The number of imidazole rings is 1. The summed E-state index contributed by atoms with van der Waals surface area (Å²) in [4.78, 5) is 34.5. The molecule has 6 heteroatoms. The lowest BCUT2D eigenvalue weighted by Crippen LogP contribution is -2.37. The van der Waals surface area contributed by atoms with Crippen molar-refractivity contribution < 1.29 is 9.59 Å². The molecule has 0 radical (unpaired) electrons. The number of aromatic nitrogens is 2. The normalized spacial score (nSPS) is 11.1. The zero-order valence-corrected chi connectivity index (χ0v) is 17.5. The molecule has 0 aliphatic carbocycles. The summed E-state index contributed by atoms with van der Waals surface area (Å²) >= 11 is 0. The van der Waals surface area contributed by atoms with Crippen molar-refractivity contribution in [3.8, 4) is 0 Å². The molecule has 2 heterocycles. The summed E-state index contributed by atoms with van der Waals surface area (Å²) in [5.41, 5.74) is 2.01. The minimum absolute atomic E-state index is 0.00916. The molecule has 29 heavy (non-hydrogen) atoms. The predicted molar refractivity (Wildman–Crippen MR) is 114 cm³/mol. The van der Waals surface area contributed by atoms with Crippen LogP contribution in [-0.4, -0.2) is 50.1 Å². The largest absolute Gasteiger partial charge is 0.337 e. The average Bonchev–Trinajstić information content (AvgIpc) is 3.12. The number of benzene rings is 1. The van der Waals surface area contributed by atoms with Gasteiger partial charge in [-0.2, -0.15) is 0 Å². The first-order valence-corrected chi connectivity index (χ1v) is 10.1. The Kier molecular flexibility index (Phi) is 6.32. The predicted octanol–water partition coefficient (Wildman–Crippen LogP) is 3.87. The van der Waals surface area contributed by atoms with Gasteiger partial charge in [-0.1, -0.05) is 36.4 Å². The van der Waals surface area contributed by atoms with E-state index in [-0.39, 0.29) is 23.7 Å². The number of carbonyl (C=O) groups excluding carboxylic acids is 2. The highest BCUT2D eigenvalue weighted by Gasteiger charge is 2.28. The second-order valence-corrected chi connectivity index (χ2v) is 7.23. The molecule has 3 aromatic rings. The van der Waals surface area contributed by atoms with Gasteiger partial charge in [-0.3, -0.25) is 14.0 Å². The van der Waals surface area contributed by atoms with Crippen LogP contribution in [0.1, 0.15) is 54.4 Å². The average molecular weight is 393 g/mol. The van der Waals surface area contributed by atoms with Crippen molar-refractivity contribution in [1.82, 2.24) is 19.2 Å². The van der Waals surface area contributed by atoms with E-state index in [1.807, 2.05) is 76.2 Å². The summed E-state index contributed by atoms with van der Waals surface area (Å²) < 4.78 is 1.72. The van der Waals surface area contributed by atoms with E-state index in [1.54, 1.807) is 20.4 Å². The molecule has 0 atom stereocenters. The van der Waals surface area contributed by atoms with Gasteiger partial charge >= 0.3 is 0 Å². The van der Waals surface area contributed by atoms with Crippen LogP contribution in [0.15, 0.2) is 54.7 Å². The third-order valence-corrected chi connectivity index (χ3v) is 5.07. The van der Waals surface area contributed by atoms with Gasteiger partial charge in [0.25, 0.3) is 11.8 Å². The maximum Gasteiger partial charge on any atom is 0.290 e. The van der Waals surface area contributed by atoms with Crippen LogP contribution < -0.4 is 0 Å². The number of hydrogen-bond donors (Lipinski definition) is 0. The van der Waals surface area contributed by atoms with Gasteiger partial charge in [0.2, 0.25) is 5.82 Å². The third kappa shape index (κ3) is 4.16. The molecule has 0 saturated carbocycles. The SMILES string of the molecule is CCN(CC)C(=O)c1nc(C(=O)N(Cc2ccccc2)C(C)C)c2ccccn12. The van der Waals surface area contributed by atoms with Crippen molar-refractivity contribution in [1.29, 1.82) is 0 Å². The molecule has 0 N–H and O–H groups in total. The minimum Gasteiger partial charge on any atom is -0.337 e. The lowest BCUT2D eigenvalue weighted by atomic mass is 10.1. The molecule has 0 saturated heterocycles. The van der Waals surface area contributed by atoms with Gasteiger partial charge in [-0.05, 0) is 45.4 Å². The molecular weight excluding hydrogens is 364 g/mol. The van der Waals surface area contributed by atoms with Crippen molar-refractivity contribution in [3.05, 3.63) is 71.8 Å². The molecule has 2 amide bonds. The number of pyridine rings is 1. The van der Waals surface area contributed by atoms with Gasteiger partial charge in [-0.15, -0.1) is 0 Å². The third-order valence-electron chi connectivity index (χ3n) is 5.07. The molecule has 2 aromatic heterocycles. The van der Waals surface area contributed by atoms with Crippen molar-refractivity contribution in [2.45, 2.75) is 40.3 Å². The maximum absolute atomic E-state index is 13.5. The second-order valence-electron chi connectivity index (χ2n) is 7.23. The fourth-order valence-electron chi connectivity index (χ4n) is 3.40. The van der Waals surface area contributed by atoms with Gasteiger partial charge in [0.05, 0.1) is 5.52 Å². The van der Waals surface area contributed by atoms with E-state index in [9.17, 15) is 9.59 Å². The monoisotopic (exact) mass is 392 g/mol.